The minimum atomic E-state index is -2.62. The van der Waals surface area contributed by atoms with E-state index < -0.39 is 24.6 Å². The molecule has 1 N–H and O–H groups in total. The lowest BCUT2D eigenvalue weighted by molar-refractivity contribution is 0.0794. The molecule has 9 heteroatoms. The number of hydrogen-bond donors (Lipinski definition) is 1. The van der Waals surface area contributed by atoms with Crippen molar-refractivity contribution in [1.82, 2.24) is 15.0 Å². The van der Waals surface area contributed by atoms with Crippen molar-refractivity contribution < 1.29 is 22.3 Å². The number of halogens is 3. The Morgan fingerprint density at radius 2 is 2.09 bits per heavy atom. The van der Waals surface area contributed by atoms with Crippen LogP contribution in [-0.2, 0) is 0 Å². The van der Waals surface area contributed by atoms with Crippen molar-refractivity contribution in [2.24, 2.45) is 0 Å². The molecule has 0 unspecified atom stereocenters. The smallest absolute Gasteiger partial charge is 0.417 e. The summed E-state index contributed by atoms with van der Waals surface area (Å²) in [5.41, 5.74) is 0.530. The summed E-state index contributed by atoms with van der Waals surface area (Å²) in [4.78, 5) is 21.2. The molecule has 6 nitrogen and oxygen atoms in total. The van der Waals surface area contributed by atoms with E-state index in [2.05, 4.69) is 15.0 Å². The fraction of sp³-hybridized carbons (Fsp3) is 0.154. The second-order valence-electron chi connectivity index (χ2n) is 4.26. The first-order valence-electron chi connectivity index (χ1n) is 6.09. The summed E-state index contributed by atoms with van der Waals surface area (Å²) in [6.45, 7) is -0.790. The lowest BCUT2D eigenvalue weighted by Gasteiger charge is -2.05. The molecule has 0 aliphatic rings. The summed E-state index contributed by atoms with van der Waals surface area (Å²) in [6, 6.07) is 2.52. The van der Waals surface area contributed by atoms with Gasteiger partial charge in [0.15, 0.2) is 18.0 Å². The molecule has 0 aliphatic carbocycles. The highest BCUT2D eigenvalue weighted by molar-refractivity contribution is 5.88. The van der Waals surface area contributed by atoms with Crippen LogP contribution < -0.4 is 10.5 Å². The third-order valence-corrected chi connectivity index (χ3v) is 2.79. The van der Waals surface area contributed by atoms with E-state index in [9.17, 15) is 18.0 Å². The zero-order chi connectivity index (χ0) is 15.7. The second-order valence-corrected chi connectivity index (χ2v) is 4.26. The second kappa shape index (κ2) is 5.51. The number of aromatic nitrogens is 3. The van der Waals surface area contributed by atoms with Crippen LogP contribution in [0, 0.1) is 5.82 Å². The van der Waals surface area contributed by atoms with E-state index >= 15 is 0 Å². The van der Waals surface area contributed by atoms with Crippen molar-refractivity contribution >= 4 is 11.1 Å². The molecule has 3 aromatic rings. The molecule has 2 aromatic heterocycles. The van der Waals surface area contributed by atoms with Gasteiger partial charge in [0.25, 0.3) is 6.43 Å². The predicted octanol–water partition coefficient (Wildman–Crippen LogP) is 2.36. The summed E-state index contributed by atoms with van der Waals surface area (Å²) in [7, 11) is 0. The van der Waals surface area contributed by atoms with Gasteiger partial charge in [-0.3, -0.25) is 4.98 Å². The number of H-pyrrole nitrogens is 1. The average molecular weight is 311 g/mol. The highest BCUT2D eigenvalue weighted by atomic mass is 19.3. The molecule has 0 aliphatic heterocycles. The van der Waals surface area contributed by atoms with Gasteiger partial charge in [-0.1, -0.05) is 0 Å². The van der Waals surface area contributed by atoms with E-state index in [0.717, 1.165) is 12.3 Å². The van der Waals surface area contributed by atoms with E-state index in [1.54, 1.807) is 0 Å². The van der Waals surface area contributed by atoms with Crippen molar-refractivity contribution in [3.8, 4) is 17.1 Å². The van der Waals surface area contributed by atoms with Gasteiger partial charge in [-0.2, -0.15) is 0 Å². The fourth-order valence-corrected chi connectivity index (χ4v) is 1.88. The highest BCUT2D eigenvalue weighted by Gasteiger charge is 2.14. The molecule has 3 rings (SSSR count). The number of hydrogen-bond acceptors (Lipinski definition) is 5. The molecule has 2 heterocycles. The van der Waals surface area contributed by atoms with Crippen LogP contribution in [0.25, 0.3) is 22.4 Å². The molecule has 0 saturated heterocycles. The predicted molar refractivity (Wildman–Crippen MR) is 69.3 cm³/mol. The molecular formula is C13H8F3N3O3. The first-order valence-corrected chi connectivity index (χ1v) is 6.09. The molecule has 0 bridgehead atoms. The summed E-state index contributed by atoms with van der Waals surface area (Å²) < 4.78 is 47.2. The fourth-order valence-electron chi connectivity index (χ4n) is 1.88. The van der Waals surface area contributed by atoms with Crippen LogP contribution in [0.1, 0.15) is 0 Å². The largest absolute Gasteiger partial charge is 0.470 e. The van der Waals surface area contributed by atoms with Crippen LogP contribution in [-0.4, -0.2) is 28.0 Å². The Morgan fingerprint density at radius 3 is 2.77 bits per heavy atom. The molecule has 22 heavy (non-hydrogen) atoms. The van der Waals surface area contributed by atoms with Crippen LogP contribution in [0.5, 0.6) is 5.88 Å². The SMILES string of the molecule is O=c1[nH]c2c(F)ccc(-c3cnc(OCC(F)F)cn3)c2o1. The Labute approximate surface area is 120 Å². The lowest BCUT2D eigenvalue weighted by Crippen LogP contribution is -2.08. The van der Waals surface area contributed by atoms with Crippen molar-refractivity contribution in [3.63, 3.8) is 0 Å². The Balaban J connectivity index is 1.98. The minimum absolute atomic E-state index is 0.000508. The Kier molecular flexibility index (Phi) is 3.53. The molecule has 0 atom stereocenters. The van der Waals surface area contributed by atoms with Crippen LogP contribution in [0.2, 0.25) is 0 Å². The number of fused-ring (bicyclic) bond motifs is 1. The van der Waals surface area contributed by atoms with Crippen LogP contribution in [0.3, 0.4) is 0 Å². The van der Waals surface area contributed by atoms with Gasteiger partial charge in [-0.05, 0) is 12.1 Å². The Hall–Kier alpha value is -2.84. The number of aromatic amines is 1. The standard InChI is InChI=1S/C13H8F3N3O3/c14-7-2-1-6(12-11(7)19-13(20)22-12)8-3-18-10(4-17-8)21-5-9(15)16/h1-4,9H,5H2,(H,19,20). The van der Waals surface area contributed by atoms with E-state index in [-0.39, 0.29) is 22.7 Å². The first kappa shape index (κ1) is 14.1. The number of ether oxygens (including phenoxy) is 1. The van der Waals surface area contributed by atoms with Gasteiger partial charge in [0, 0.05) is 5.56 Å². The number of oxazole rings is 1. The number of rotatable bonds is 4. The quantitative estimate of drug-likeness (QED) is 0.800. The van der Waals surface area contributed by atoms with Crippen LogP contribution in [0.4, 0.5) is 13.2 Å². The van der Waals surface area contributed by atoms with Crippen molar-refractivity contribution in [3.05, 3.63) is 40.9 Å². The van der Waals surface area contributed by atoms with Gasteiger partial charge >= 0.3 is 5.76 Å². The Morgan fingerprint density at radius 1 is 1.27 bits per heavy atom. The van der Waals surface area contributed by atoms with Gasteiger partial charge in [-0.25, -0.2) is 27.9 Å². The molecule has 0 spiro atoms. The summed E-state index contributed by atoms with van der Waals surface area (Å²) >= 11 is 0. The maximum atomic E-state index is 13.6. The average Bonchev–Trinajstić information content (AvgIpc) is 2.89. The normalized spacial score (nSPS) is 11.3. The van der Waals surface area contributed by atoms with Gasteiger partial charge in [0.1, 0.15) is 5.52 Å². The number of alkyl halides is 2. The van der Waals surface area contributed by atoms with Crippen molar-refractivity contribution in [2.45, 2.75) is 6.43 Å². The maximum absolute atomic E-state index is 13.6. The van der Waals surface area contributed by atoms with Gasteiger partial charge in [-0.15, -0.1) is 0 Å². The van der Waals surface area contributed by atoms with Gasteiger partial charge < -0.3 is 9.15 Å². The number of nitrogens with zero attached hydrogens (tertiary/aromatic N) is 2. The molecule has 0 fully saturated rings. The molecular weight excluding hydrogens is 303 g/mol. The third kappa shape index (κ3) is 2.65. The van der Waals surface area contributed by atoms with E-state index in [1.807, 2.05) is 0 Å². The van der Waals surface area contributed by atoms with Crippen LogP contribution >= 0.6 is 0 Å². The lowest BCUT2D eigenvalue weighted by atomic mass is 10.1. The first-order chi connectivity index (χ1) is 10.5. The molecule has 1 aromatic carbocycles. The third-order valence-electron chi connectivity index (χ3n) is 2.79. The van der Waals surface area contributed by atoms with Gasteiger partial charge in [0.2, 0.25) is 5.88 Å². The van der Waals surface area contributed by atoms with E-state index in [1.165, 1.54) is 12.3 Å². The topological polar surface area (TPSA) is 81.0 Å². The molecule has 0 amide bonds. The van der Waals surface area contributed by atoms with Crippen molar-refractivity contribution in [2.75, 3.05) is 6.61 Å². The zero-order valence-corrected chi connectivity index (χ0v) is 10.8. The monoisotopic (exact) mass is 311 g/mol. The number of nitrogens with one attached hydrogen (secondary N) is 1. The summed E-state index contributed by atoms with van der Waals surface area (Å²) in [5, 5.41) is 0. The van der Waals surface area contributed by atoms with E-state index in [4.69, 9.17) is 9.15 Å². The van der Waals surface area contributed by atoms with E-state index in [0.29, 0.717) is 5.56 Å². The highest BCUT2D eigenvalue weighted by Crippen LogP contribution is 2.27. The maximum Gasteiger partial charge on any atom is 0.417 e. The Bertz CT molecular complexity index is 858. The number of benzene rings is 1. The van der Waals surface area contributed by atoms with Gasteiger partial charge in [0.05, 0.1) is 18.1 Å². The van der Waals surface area contributed by atoms with Crippen molar-refractivity contribution in [1.29, 1.82) is 0 Å². The molecule has 0 saturated carbocycles. The minimum Gasteiger partial charge on any atom is -0.470 e. The summed E-state index contributed by atoms with van der Waals surface area (Å²) in [5.74, 6) is -1.52. The molecule has 0 radical (unpaired) electrons. The van der Waals surface area contributed by atoms with Crippen LogP contribution in [0.15, 0.2) is 33.7 Å². The molecule has 114 valence electrons. The zero-order valence-electron chi connectivity index (χ0n) is 10.8. The summed E-state index contributed by atoms with van der Waals surface area (Å²) in [6.07, 6.45) is -0.217.